The summed E-state index contributed by atoms with van der Waals surface area (Å²) in [5.41, 5.74) is -0.303. The largest absolute Gasteiger partial charge is 0.507 e. The van der Waals surface area contributed by atoms with Crippen molar-refractivity contribution in [1.82, 2.24) is 10.2 Å². The normalized spacial score (nSPS) is 11.6. The molecule has 1 aromatic carbocycles. The Morgan fingerprint density at radius 3 is 2.22 bits per heavy atom. The standard InChI is InChI=1S/C13H20N2O3/c1-13(2,15(3)4)8-14-12(18)11-9(16)6-5-7-10(11)17/h5-7,16-17H,8H2,1-4H3,(H,14,18). The summed E-state index contributed by atoms with van der Waals surface area (Å²) in [6.07, 6.45) is 0. The minimum absolute atomic E-state index is 0.0907. The van der Waals surface area contributed by atoms with Gasteiger partial charge in [-0.1, -0.05) is 6.07 Å². The monoisotopic (exact) mass is 252 g/mol. The SMILES string of the molecule is CN(C)C(C)(C)CNC(=O)c1c(O)cccc1O. The Balaban J connectivity index is 2.79. The molecule has 0 spiro atoms. The second-order valence-corrected chi connectivity index (χ2v) is 5.06. The number of nitrogens with one attached hydrogen (secondary N) is 1. The van der Waals surface area contributed by atoms with Crippen LogP contribution in [0.5, 0.6) is 11.5 Å². The van der Waals surface area contributed by atoms with Gasteiger partial charge in [0.05, 0.1) is 0 Å². The predicted molar refractivity (Wildman–Crippen MR) is 69.9 cm³/mol. The van der Waals surface area contributed by atoms with Crippen molar-refractivity contribution in [3.05, 3.63) is 23.8 Å². The molecule has 0 heterocycles. The molecule has 0 radical (unpaired) electrons. The van der Waals surface area contributed by atoms with Gasteiger partial charge in [0, 0.05) is 12.1 Å². The molecule has 3 N–H and O–H groups in total. The lowest BCUT2D eigenvalue weighted by molar-refractivity contribution is 0.0914. The highest BCUT2D eigenvalue weighted by Crippen LogP contribution is 2.26. The third-order valence-corrected chi connectivity index (χ3v) is 3.14. The summed E-state index contributed by atoms with van der Waals surface area (Å²) in [4.78, 5) is 13.9. The molecule has 5 heteroatoms. The van der Waals surface area contributed by atoms with Gasteiger partial charge in [-0.25, -0.2) is 0 Å². The molecule has 100 valence electrons. The van der Waals surface area contributed by atoms with E-state index in [4.69, 9.17) is 0 Å². The summed E-state index contributed by atoms with van der Waals surface area (Å²) >= 11 is 0. The first-order chi connectivity index (χ1) is 8.25. The lowest BCUT2D eigenvalue weighted by Gasteiger charge is -2.32. The average molecular weight is 252 g/mol. The zero-order valence-electron chi connectivity index (χ0n) is 11.2. The third-order valence-electron chi connectivity index (χ3n) is 3.14. The van der Waals surface area contributed by atoms with Crippen LogP contribution in [0, 0.1) is 0 Å². The molecule has 0 saturated heterocycles. The molecule has 18 heavy (non-hydrogen) atoms. The molecule has 1 amide bonds. The number of nitrogens with zero attached hydrogens (tertiary/aromatic N) is 1. The second-order valence-electron chi connectivity index (χ2n) is 5.06. The molecule has 5 nitrogen and oxygen atoms in total. The van der Waals surface area contributed by atoms with Crippen molar-refractivity contribution in [2.24, 2.45) is 0 Å². The van der Waals surface area contributed by atoms with Crippen molar-refractivity contribution < 1.29 is 15.0 Å². The van der Waals surface area contributed by atoms with Crippen molar-refractivity contribution in [1.29, 1.82) is 0 Å². The predicted octanol–water partition coefficient (Wildman–Crippen LogP) is 1.17. The number of hydrogen-bond acceptors (Lipinski definition) is 4. The number of benzene rings is 1. The van der Waals surface area contributed by atoms with Crippen LogP contribution in [0.3, 0.4) is 0 Å². The molecule has 1 rings (SSSR count). The maximum absolute atomic E-state index is 11.9. The first kappa shape index (κ1) is 14.3. The van der Waals surface area contributed by atoms with Crippen LogP contribution >= 0.6 is 0 Å². The summed E-state index contributed by atoms with van der Waals surface area (Å²) in [6.45, 7) is 4.38. The quantitative estimate of drug-likeness (QED) is 0.752. The van der Waals surface area contributed by atoms with E-state index in [1.54, 1.807) is 0 Å². The van der Waals surface area contributed by atoms with Crippen LogP contribution in [-0.2, 0) is 0 Å². The number of likely N-dealkylation sites (N-methyl/N-ethyl adjacent to an activating group) is 1. The van der Waals surface area contributed by atoms with Crippen LogP contribution in [0.1, 0.15) is 24.2 Å². The van der Waals surface area contributed by atoms with E-state index in [-0.39, 0.29) is 22.6 Å². The topological polar surface area (TPSA) is 72.8 Å². The fraction of sp³-hybridized carbons (Fsp3) is 0.462. The van der Waals surface area contributed by atoms with Gasteiger partial charge in [-0.2, -0.15) is 0 Å². The van der Waals surface area contributed by atoms with Crippen LogP contribution in [0.4, 0.5) is 0 Å². The maximum Gasteiger partial charge on any atom is 0.258 e. The Morgan fingerprint density at radius 1 is 1.28 bits per heavy atom. The molecule has 0 aliphatic carbocycles. The highest BCUT2D eigenvalue weighted by molar-refractivity contribution is 5.99. The molecular formula is C13H20N2O3. The van der Waals surface area contributed by atoms with Gasteiger partial charge in [-0.3, -0.25) is 4.79 Å². The zero-order chi connectivity index (χ0) is 13.9. The lowest BCUT2D eigenvalue weighted by Crippen LogP contribution is -2.48. The molecule has 0 fully saturated rings. The minimum atomic E-state index is -0.486. The average Bonchev–Trinajstić information content (AvgIpc) is 2.26. The fourth-order valence-corrected chi connectivity index (χ4v) is 1.30. The summed E-state index contributed by atoms with van der Waals surface area (Å²) in [5, 5.41) is 21.8. The maximum atomic E-state index is 11.9. The van der Waals surface area contributed by atoms with E-state index < -0.39 is 5.91 Å². The zero-order valence-corrected chi connectivity index (χ0v) is 11.2. The number of phenolic OH excluding ortho intramolecular Hbond substituents is 2. The van der Waals surface area contributed by atoms with Crippen molar-refractivity contribution in [3.8, 4) is 11.5 Å². The van der Waals surface area contributed by atoms with Crippen LogP contribution in [0.15, 0.2) is 18.2 Å². The van der Waals surface area contributed by atoms with Gasteiger partial charge in [0.1, 0.15) is 17.1 Å². The Labute approximate surface area is 107 Å². The molecular weight excluding hydrogens is 232 g/mol. The molecule has 0 atom stereocenters. The smallest absolute Gasteiger partial charge is 0.258 e. The molecule has 1 aromatic rings. The van der Waals surface area contributed by atoms with E-state index >= 15 is 0 Å². The number of phenols is 2. The summed E-state index contributed by atoms with van der Waals surface area (Å²) < 4.78 is 0. The van der Waals surface area contributed by atoms with Crippen LogP contribution < -0.4 is 5.32 Å². The van der Waals surface area contributed by atoms with Gasteiger partial charge >= 0.3 is 0 Å². The summed E-state index contributed by atoms with van der Waals surface area (Å²) in [6, 6.07) is 4.21. The number of carbonyl (C=O) groups excluding carboxylic acids is 1. The Hall–Kier alpha value is -1.75. The summed E-state index contributed by atoms with van der Waals surface area (Å²) in [5.74, 6) is -0.939. The molecule has 0 aromatic heterocycles. The first-order valence-corrected chi connectivity index (χ1v) is 5.72. The van der Waals surface area contributed by atoms with E-state index in [1.165, 1.54) is 18.2 Å². The van der Waals surface area contributed by atoms with Crippen LogP contribution in [0.25, 0.3) is 0 Å². The van der Waals surface area contributed by atoms with Gasteiger partial charge in [0.25, 0.3) is 5.91 Å². The van der Waals surface area contributed by atoms with Gasteiger partial charge < -0.3 is 20.4 Å². The number of aromatic hydroxyl groups is 2. The van der Waals surface area contributed by atoms with Gasteiger partial charge in [0.15, 0.2) is 0 Å². The van der Waals surface area contributed by atoms with Crippen LogP contribution in [-0.4, -0.2) is 47.2 Å². The van der Waals surface area contributed by atoms with Gasteiger partial charge in [-0.15, -0.1) is 0 Å². The van der Waals surface area contributed by atoms with E-state index in [1.807, 2.05) is 32.8 Å². The number of amides is 1. The van der Waals surface area contributed by atoms with Gasteiger partial charge in [0.2, 0.25) is 0 Å². The third kappa shape index (κ3) is 3.13. The molecule has 0 saturated carbocycles. The van der Waals surface area contributed by atoms with Crippen molar-refractivity contribution in [3.63, 3.8) is 0 Å². The molecule has 0 unspecified atom stereocenters. The molecule has 0 aliphatic rings. The van der Waals surface area contributed by atoms with E-state index in [0.29, 0.717) is 6.54 Å². The number of carbonyl (C=O) groups is 1. The Bertz CT molecular complexity index is 422. The van der Waals surface area contributed by atoms with Gasteiger partial charge in [-0.05, 0) is 40.1 Å². The molecule has 0 aliphatic heterocycles. The highest BCUT2D eigenvalue weighted by Gasteiger charge is 2.23. The van der Waals surface area contributed by atoms with Crippen molar-refractivity contribution in [2.75, 3.05) is 20.6 Å². The van der Waals surface area contributed by atoms with E-state index in [2.05, 4.69) is 5.32 Å². The van der Waals surface area contributed by atoms with E-state index in [9.17, 15) is 15.0 Å². The Morgan fingerprint density at radius 2 is 1.78 bits per heavy atom. The second kappa shape index (κ2) is 5.27. The van der Waals surface area contributed by atoms with Crippen molar-refractivity contribution >= 4 is 5.91 Å². The Kier molecular flexibility index (Phi) is 4.19. The van der Waals surface area contributed by atoms with Crippen molar-refractivity contribution in [2.45, 2.75) is 19.4 Å². The number of rotatable bonds is 4. The first-order valence-electron chi connectivity index (χ1n) is 5.72. The van der Waals surface area contributed by atoms with Crippen LogP contribution in [0.2, 0.25) is 0 Å². The van der Waals surface area contributed by atoms with E-state index in [0.717, 1.165) is 0 Å². The minimum Gasteiger partial charge on any atom is -0.507 e. The highest BCUT2D eigenvalue weighted by atomic mass is 16.3. The molecule has 0 bridgehead atoms. The summed E-state index contributed by atoms with van der Waals surface area (Å²) in [7, 11) is 3.84. The number of hydrogen-bond donors (Lipinski definition) is 3. The lowest BCUT2D eigenvalue weighted by atomic mass is 10.0. The fourth-order valence-electron chi connectivity index (χ4n) is 1.30.